The summed E-state index contributed by atoms with van der Waals surface area (Å²) in [5.74, 6) is 0.150. The highest BCUT2D eigenvalue weighted by molar-refractivity contribution is 7.12. The summed E-state index contributed by atoms with van der Waals surface area (Å²) in [5, 5.41) is 4.85. The Morgan fingerprint density at radius 2 is 2.24 bits per heavy atom. The van der Waals surface area contributed by atoms with Crippen molar-refractivity contribution >= 4 is 35.6 Å². The minimum absolute atomic E-state index is 0. The molecule has 2 rings (SSSR count). The lowest BCUT2D eigenvalue weighted by molar-refractivity contribution is -0.122. The molecule has 21 heavy (non-hydrogen) atoms. The average molecular weight is 332 g/mol. The lowest BCUT2D eigenvalue weighted by Gasteiger charge is -2.22. The standard InChI is InChI=1S/C14H21N3O2S.ClH/c1-17(14(19)12-6-3-7-20-12)9-13(18)16-11-5-2-4-10(11)8-15;/h3,6-7,10-11H,2,4-5,8-9,15H2,1H3,(H,16,18);1H. The zero-order valence-electron chi connectivity index (χ0n) is 12.1. The number of hydrogen-bond donors (Lipinski definition) is 2. The second kappa shape index (κ2) is 8.36. The van der Waals surface area contributed by atoms with E-state index >= 15 is 0 Å². The summed E-state index contributed by atoms with van der Waals surface area (Å²) in [6, 6.07) is 3.76. The summed E-state index contributed by atoms with van der Waals surface area (Å²) in [5.41, 5.74) is 5.70. The van der Waals surface area contributed by atoms with Crippen molar-refractivity contribution in [2.45, 2.75) is 25.3 Å². The Labute approximate surface area is 135 Å². The largest absolute Gasteiger partial charge is 0.352 e. The Morgan fingerprint density at radius 3 is 2.86 bits per heavy atom. The third-order valence-corrected chi connectivity index (χ3v) is 4.63. The maximum absolute atomic E-state index is 12.0. The molecule has 2 unspecified atom stereocenters. The van der Waals surface area contributed by atoms with Gasteiger partial charge in [0.1, 0.15) is 0 Å². The molecule has 1 heterocycles. The van der Waals surface area contributed by atoms with Crippen LogP contribution < -0.4 is 11.1 Å². The molecular weight excluding hydrogens is 310 g/mol. The van der Waals surface area contributed by atoms with Crippen molar-refractivity contribution in [2.75, 3.05) is 20.1 Å². The van der Waals surface area contributed by atoms with Gasteiger partial charge in [0.2, 0.25) is 5.91 Å². The van der Waals surface area contributed by atoms with Gasteiger partial charge in [-0.25, -0.2) is 0 Å². The first kappa shape index (κ1) is 17.9. The molecule has 0 aromatic carbocycles. The maximum Gasteiger partial charge on any atom is 0.264 e. The molecule has 118 valence electrons. The lowest BCUT2D eigenvalue weighted by Crippen LogP contribution is -2.45. The number of rotatable bonds is 5. The van der Waals surface area contributed by atoms with Crippen molar-refractivity contribution in [3.8, 4) is 0 Å². The minimum Gasteiger partial charge on any atom is -0.352 e. The fraction of sp³-hybridized carbons (Fsp3) is 0.571. The Hall–Kier alpha value is -1.11. The van der Waals surface area contributed by atoms with Gasteiger partial charge in [-0.1, -0.05) is 12.5 Å². The summed E-state index contributed by atoms with van der Waals surface area (Å²) >= 11 is 1.38. The number of hydrogen-bond acceptors (Lipinski definition) is 4. The number of thiophene rings is 1. The molecule has 1 saturated carbocycles. The number of nitrogens with one attached hydrogen (secondary N) is 1. The van der Waals surface area contributed by atoms with Gasteiger partial charge in [-0.05, 0) is 36.8 Å². The zero-order valence-corrected chi connectivity index (χ0v) is 13.7. The van der Waals surface area contributed by atoms with Crippen LogP contribution in [0.3, 0.4) is 0 Å². The van der Waals surface area contributed by atoms with Crippen molar-refractivity contribution in [1.82, 2.24) is 10.2 Å². The summed E-state index contributed by atoms with van der Waals surface area (Å²) < 4.78 is 0. The Balaban J connectivity index is 0.00000220. The quantitative estimate of drug-likeness (QED) is 0.858. The first-order chi connectivity index (χ1) is 9.61. The number of nitrogens with zero attached hydrogens (tertiary/aromatic N) is 1. The Bertz CT molecular complexity index is 467. The van der Waals surface area contributed by atoms with Gasteiger partial charge in [-0.3, -0.25) is 9.59 Å². The van der Waals surface area contributed by atoms with Gasteiger partial charge >= 0.3 is 0 Å². The van der Waals surface area contributed by atoms with Crippen molar-refractivity contribution in [2.24, 2.45) is 11.7 Å². The fourth-order valence-electron chi connectivity index (χ4n) is 2.64. The topological polar surface area (TPSA) is 75.4 Å². The molecule has 0 saturated heterocycles. The molecule has 0 bridgehead atoms. The molecule has 1 aliphatic carbocycles. The van der Waals surface area contributed by atoms with Crippen molar-refractivity contribution in [1.29, 1.82) is 0 Å². The fourth-order valence-corrected chi connectivity index (χ4v) is 3.35. The van der Waals surface area contributed by atoms with Gasteiger partial charge < -0.3 is 16.0 Å². The van der Waals surface area contributed by atoms with Crippen molar-refractivity contribution in [3.63, 3.8) is 0 Å². The molecule has 1 fully saturated rings. The predicted octanol–water partition coefficient (Wildman–Crippen LogP) is 1.49. The zero-order chi connectivity index (χ0) is 14.5. The molecule has 0 radical (unpaired) electrons. The first-order valence-corrected chi connectivity index (χ1v) is 7.78. The van der Waals surface area contributed by atoms with Crippen LogP contribution in [0.2, 0.25) is 0 Å². The number of carbonyl (C=O) groups is 2. The van der Waals surface area contributed by atoms with E-state index in [1.165, 1.54) is 16.2 Å². The van der Waals surface area contributed by atoms with E-state index in [1.807, 2.05) is 11.4 Å². The van der Waals surface area contributed by atoms with Crippen molar-refractivity contribution < 1.29 is 9.59 Å². The summed E-state index contributed by atoms with van der Waals surface area (Å²) in [6.07, 6.45) is 3.17. The second-order valence-corrected chi connectivity index (χ2v) is 6.19. The van der Waals surface area contributed by atoms with Gasteiger partial charge in [-0.2, -0.15) is 0 Å². The van der Waals surface area contributed by atoms with Crippen LogP contribution in [0.15, 0.2) is 17.5 Å². The van der Waals surface area contributed by atoms with E-state index in [1.54, 1.807) is 13.1 Å². The van der Waals surface area contributed by atoms with Gasteiger partial charge in [0.05, 0.1) is 11.4 Å². The predicted molar refractivity (Wildman–Crippen MR) is 86.9 cm³/mol. The van der Waals surface area contributed by atoms with E-state index in [-0.39, 0.29) is 36.8 Å². The third kappa shape index (κ3) is 4.69. The van der Waals surface area contributed by atoms with Crippen molar-refractivity contribution in [3.05, 3.63) is 22.4 Å². The van der Waals surface area contributed by atoms with E-state index in [2.05, 4.69) is 5.32 Å². The summed E-state index contributed by atoms with van der Waals surface area (Å²) in [6.45, 7) is 0.694. The van der Waals surface area contributed by atoms with Gasteiger partial charge in [0.25, 0.3) is 5.91 Å². The molecule has 1 aliphatic rings. The van der Waals surface area contributed by atoms with Crippen LogP contribution >= 0.6 is 23.7 Å². The molecule has 3 N–H and O–H groups in total. The van der Waals surface area contributed by atoms with E-state index in [0.29, 0.717) is 17.3 Å². The molecule has 0 spiro atoms. The highest BCUT2D eigenvalue weighted by atomic mass is 35.5. The molecular formula is C14H22ClN3O2S. The van der Waals surface area contributed by atoms with E-state index < -0.39 is 0 Å². The second-order valence-electron chi connectivity index (χ2n) is 5.24. The number of nitrogens with two attached hydrogens (primary N) is 1. The van der Waals surface area contributed by atoms with Crippen LogP contribution in [0.4, 0.5) is 0 Å². The third-order valence-electron chi connectivity index (χ3n) is 3.77. The van der Waals surface area contributed by atoms with Gasteiger partial charge in [-0.15, -0.1) is 23.7 Å². The minimum atomic E-state index is -0.114. The Morgan fingerprint density at radius 1 is 1.48 bits per heavy atom. The van der Waals surface area contributed by atoms with Crippen LogP contribution in [-0.2, 0) is 4.79 Å². The van der Waals surface area contributed by atoms with Crippen LogP contribution in [0.5, 0.6) is 0 Å². The van der Waals surface area contributed by atoms with Gasteiger partial charge in [0, 0.05) is 13.1 Å². The highest BCUT2D eigenvalue weighted by Crippen LogP contribution is 2.24. The molecule has 1 aromatic rings. The molecule has 1 aromatic heterocycles. The molecule has 2 atom stereocenters. The maximum atomic E-state index is 12.0. The van der Waals surface area contributed by atoms with Gasteiger partial charge in [0.15, 0.2) is 0 Å². The lowest BCUT2D eigenvalue weighted by atomic mass is 10.0. The number of amides is 2. The van der Waals surface area contributed by atoms with Crippen LogP contribution in [0, 0.1) is 5.92 Å². The summed E-state index contributed by atoms with van der Waals surface area (Å²) in [7, 11) is 1.65. The molecule has 0 aliphatic heterocycles. The van der Waals surface area contributed by atoms with Crippen LogP contribution in [0.1, 0.15) is 28.9 Å². The van der Waals surface area contributed by atoms with Crippen LogP contribution in [-0.4, -0.2) is 42.9 Å². The van der Waals surface area contributed by atoms with E-state index in [4.69, 9.17) is 5.73 Å². The van der Waals surface area contributed by atoms with E-state index in [9.17, 15) is 9.59 Å². The molecule has 7 heteroatoms. The summed E-state index contributed by atoms with van der Waals surface area (Å²) in [4.78, 5) is 26.1. The molecule has 2 amide bonds. The van der Waals surface area contributed by atoms with E-state index in [0.717, 1.165) is 19.3 Å². The number of carbonyl (C=O) groups excluding carboxylic acids is 2. The average Bonchev–Trinajstić information content (AvgIpc) is 3.08. The monoisotopic (exact) mass is 331 g/mol. The highest BCUT2D eigenvalue weighted by Gasteiger charge is 2.27. The van der Waals surface area contributed by atoms with Crippen LogP contribution in [0.25, 0.3) is 0 Å². The normalized spacial score (nSPS) is 20.7. The number of halogens is 1. The first-order valence-electron chi connectivity index (χ1n) is 6.90. The Kier molecular flexibility index (Phi) is 7.14. The SMILES string of the molecule is CN(CC(=O)NC1CCCC1CN)C(=O)c1cccs1.Cl. The molecule has 5 nitrogen and oxygen atoms in total. The number of likely N-dealkylation sites (N-methyl/N-ethyl adjacent to an activating group) is 1. The smallest absolute Gasteiger partial charge is 0.264 e.